The molecule has 0 radical (unpaired) electrons. The van der Waals surface area contributed by atoms with Crippen LogP contribution in [0.15, 0.2) is 0 Å². The summed E-state index contributed by atoms with van der Waals surface area (Å²) in [5.74, 6) is 0.596. The van der Waals surface area contributed by atoms with E-state index in [0.717, 1.165) is 4.90 Å². The Labute approximate surface area is 116 Å². The van der Waals surface area contributed by atoms with Crippen LogP contribution >= 0.6 is 0 Å². The average Bonchev–Trinajstić information content (AvgIpc) is 2.66. The topological polar surface area (TPSA) is 103 Å². The SMILES string of the molecule is CNc1nc(NC2CC(=O)N(C)C2=O)nc(N(C)C)n1. The zero-order valence-electron chi connectivity index (χ0n) is 11.8. The predicted molar refractivity (Wildman–Crippen MR) is 73.5 cm³/mol. The smallest absolute Gasteiger partial charge is 0.252 e. The molecule has 1 aliphatic rings. The number of hydrogen-bond acceptors (Lipinski definition) is 8. The number of nitrogens with one attached hydrogen (secondary N) is 2. The maximum absolute atomic E-state index is 11.8. The van der Waals surface area contributed by atoms with Crippen molar-refractivity contribution >= 4 is 29.7 Å². The highest BCUT2D eigenvalue weighted by atomic mass is 16.2. The molecular weight excluding hydrogens is 262 g/mol. The van der Waals surface area contributed by atoms with Gasteiger partial charge in [-0.05, 0) is 0 Å². The van der Waals surface area contributed by atoms with Crippen molar-refractivity contribution in [3.8, 4) is 0 Å². The van der Waals surface area contributed by atoms with E-state index in [4.69, 9.17) is 0 Å². The van der Waals surface area contributed by atoms with Gasteiger partial charge in [0.25, 0.3) is 5.91 Å². The molecule has 9 heteroatoms. The van der Waals surface area contributed by atoms with Crippen molar-refractivity contribution in [2.24, 2.45) is 0 Å². The number of aromatic nitrogens is 3. The minimum atomic E-state index is -0.630. The Hall–Kier alpha value is -2.45. The highest BCUT2D eigenvalue weighted by molar-refractivity contribution is 6.06. The summed E-state index contributed by atoms with van der Waals surface area (Å²) in [5, 5.41) is 5.71. The fraction of sp³-hybridized carbons (Fsp3) is 0.545. The van der Waals surface area contributed by atoms with Gasteiger partial charge in [-0.1, -0.05) is 0 Å². The van der Waals surface area contributed by atoms with E-state index < -0.39 is 6.04 Å². The van der Waals surface area contributed by atoms with Crippen molar-refractivity contribution in [2.45, 2.75) is 12.5 Å². The molecule has 2 amide bonds. The number of likely N-dealkylation sites (tertiary alicyclic amines) is 1. The molecule has 1 unspecified atom stereocenters. The van der Waals surface area contributed by atoms with Gasteiger partial charge in [0.15, 0.2) is 0 Å². The Morgan fingerprint density at radius 3 is 2.35 bits per heavy atom. The van der Waals surface area contributed by atoms with Gasteiger partial charge in [0, 0.05) is 28.2 Å². The minimum Gasteiger partial charge on any atom is -0.357 e. The van der Waals surface area contributed by atoms with E-state index in [9.17, 15) is 9.59 Å². The van der Waals surface area contributed by atoms with E-state index >= 15 is 0 Å². The third-order valence-corrected chi connectivity index (χ3v) is 2.93. The Morgan fingerprint density at radius 2 is 1.85 bits per heavy atom. The summed E-state index contributed by atoms with van der Waals surface area (Å²) in [5.41, 5.74) is 0. The normalized spacial score (nSPS) is 18.4. The highest BCUT2D eigenvalue weighted by Crippen LogP contribution is 2.17. The first-order chi connectivity index (χ1) is 9.42. The van der Waals surface area contributed by atoms with E-state index in [-0.39, 0.29) is 24.2 Å². The highest BCUT2D eigenvalue weighted by Gasteiger charge is 2.36. The number of nitrogens with zero attached hydrogens (tertiary/aromatic N) is 5. The zero-order valence-corrected chi connectivity index (χ0v) is 11.8. The van der Waals surface area contributed by atoms with Crippen LogP contribution in [0.5, 0.6) is 0 Å². The van der Waals surface area contributed by atoms with Crippen molar-refractivity contribution in [1.29, 1.82) is 0 Å². The predicted octanol–water partition coefficient (Wildman–Crippen LogP) is -0.851. The van der Waals surface area contributed by atoms with Crippen molar-refractivity contribution in [2.75, 3.05) is 43.7 Å². The van der Waals surface area contributed by atoms with Gasteiger partial charge < -0.3 is 15.5 Å². The number of carbonyl (C=O) groups is 2. The summed E-state index contributed by atoms with van der Waals surface area (Å²) in [7, 11) is 6.76. The summed E-state index contributed by atoms with van der Waals surface area (Å²) in [6.45, 7) is 0. The molecule has 0 bridgehead atoms. The fourth-order valence-corrected chi connectivity index (χ4v) is 1.77. The molecule has 1 saturated heterocycles. The van der Waals surface area contributed by atoms with E-state index in [0.29, 0.717) is 11.9 Å². The van der Waals surface area contributed by atoms with Gasteiger partial charge in [0.2, 0.25) is 23.8 Å². The van der Waals surface area contributed by atoms with Crippen molar-refractivity contribution in [1.82, 2.24) is 19.9 Å². The van der Waals surface area contributed by atoms with Crippen molar-refractivity contribution < 1.29 is 9.59 Å². The van der Waals surface area contributed by atoms with E-state index in [1.54, 1.807) is 26.0 Å². The molecule has 2 heterocycles. The van der Waals surface area contributed by atoms with Gasteiger partial charge in [-0.2, -0.15) is 15.0 Å². The molecule has 108 valence electrons. The maximum Gasteiger partial charge on any atom is 0.252 e. The van der Waals surface area contributed by atoms with Crippen LogP contribution < -0.4 is 15.5 Å². The van der Waals surface area contributed by atoms with Gasteiger partial charge in [0.05, 0.1) is 6.42 Å². The van der Waals surface area contributed by atoms with Crippen LogP contribution in [-0.4, -0.2) is 65.9 Å². The van der Waals surface area contributed by atoms with Crippen LogP contribution in [0.3, 0.4) is 0 Å². The Bertz CT molecular complexity index is 546. The maximum atomic E-state index is 11.8. The number of anilines is 3. The lowest BCUT2D eigenvalue weighted by Crippen LogP contribution is -2.32. The van der Waals surface area contributed by atoms with Gasteiger partial charge in [0.1, 0.15) is 6.04 Å². The number of amides is 2. The molecular formula is C11H17N7O2. The second-order valence-electron chi connectivity index (χ2n) is 4.62. The molecule has 1 fully saturated rings. The summed E-state index contributed by atoms with van der Waals surface area (Å²) >= 11 is 0. The third-order valence-electron chi connectivity index (χ3n) is 2.93. The lowest BCUT2D eigenvalue weighted by atomic mass is 10.2. The molecule has 2 N–H and O–H groups in total. The summed E-state index contributed by atoms with van der Waals surface area (Å²) in [4.78, 5) is 38.6. The molecule has 1 aromatic heterocycles. The second-order valence-corrected chi connectivity index (χ2v) is 4.62. The molecule has 9 nitrogen and oxygen atoms in total. The first-order valence-corrected chi connectivity index (χ1v) is 6.10. The molecule has 1 aliphatic heterocycles. The van der Waals surface area contributed by atoms with Crippen LogP contribution in [0.25, 0.3) is 0 Å². The molecule has 0 spiro atoms. The van der Waals surface area contributed by atoms with Crippen molar-refractivity contribution in [3.05, 3.63) is 0 Å². The van der Waals surface area contributed by atoms with E-state index in [1.807, 2.05) is 0 Å². The number of carbonyl (C=O) groups excluding carboxylic acids is 2. The largest absolute Gasteiger partial charge is 0.357 e. The molecule has 20 heavy (non-hydrogen) atoms. The van der Waals surface area contributed by atoms with E-state index in [2.05, 4.69) is 25.6 Å². The minimum absolute atomic E-state index is 0.104. The fourth-order valence-electron chi connectivity index (χ4n) is 1.77. The first kappa shape index (κ1) is 14.0. The Kier molecular flexibility index (Phi) is 3.68. The lowest BCUT2D eigenvalue weighted by molar-refractivity contribution is -0.136. The quantitative estimate of drug-likeness (QED) is 0.687. The molecule has 1 atom stereocenters. The van der Waals surface area contributed by atoms with Gasteiger partial charge in [-0.3, -0.25) is 14.5 Å². The monoisotopic (exact) mass is 279 g/mol. The first-order valence-electron chi connectivity index (χ1n) is 6.10. The number of imide groups is 1. The van der Waals surface area contributed by atoms with Crippen LogP contribution in [0.2, 0.25) is 0 Å². The molecule has 0 saturated carbocycles. The Morgan fingerprint density at radius 1 is 1.20 bits per heavy atom. The van der Waals surface area contributed by atoms with Gasteiger partial charge >= 0.3 is 0 Å². The zero-order chi connectivity index (χ0) is 14.9. The van der Waals surface area contributed by atoms with Crippen LogP contribution in [0.4, 0.5) is 17.8 Å². The third kappa shape index (κ3) is 2.60. The lowest BCUT2D eigenvalue weighted by Gasteiger charge is -2.15. The number of rotatable bonds is 4. The van der Waals surface area contributed by atoms with Crippen LogP contribution in [0.1, 0.15) is 6.42 Å². The summed E-state index contributed by atoms with van der Waals surface area (Å²) in [6.07, 6.45) is 0.104. The van der Waals surface area contributed by atoms with Gasteiger partial charge in [-0.15, -0.1) is 0 Å². The summed E-state index contributed by atoms with van der Waals surface area (Å²) in [6, 6.07) is -0.630. The average molecular weight is 279 g/mol. The molecule has 2 rings (SSSR count). The van der Waals surface area contributed by atoms with Crippen molar-refractivity contribution in [3.63, 3.8) is 0 Å². The van der Waals surface area contributed by atoms with Crippen LogP contribution in [-0.2, 0) is 9.59 Å². The molecule has 1 aromatic rings. The standard InChI is InChI=1S/C11H17N7O2/c1-12-9-14-10(16-11(15-9)17(2)3)13-6-5-7(19)18(4)8(6)20/h6H,5H2,1-4H3,(H2,12,13,14,15,16). The number of hydrogen-bond donors (Lipinski definition) is 2. The second kappa shape index (κ2) is 5.27. The summed E-state index contributed by atoms with van der Waals surface area (Å²) < 4.78 is 0. The van der Waals surface area contributed by atoms with Gasteiger partial charge in [-0.25, -0.2) is 0 Å². The van der Waals surface area contributed by atoms with E-state index in [1.165, 1.54) is 7.05 Å². The van der Waals surface area contributed by atoms with Crippen LogP contribution in [0, 0.1) is 0 Å². The number of likely N-dealkylation sites (N-methyl/N-ethyl adjacent to an activating group) is 1. The Balaban J connectivity index is 2.23. The molecule has 0 aliphatic carbocycles. The molecule has 0 aromatic carbocycles.